The molecule has 0 N–H and O–H groups in total. The van der Waals surface area contributed by atoms with E-state index in [0.29, 0.717) is 29.8 Å². The zero-order valence-electron chi connectivity index (χ0n) is 19.0. The molecule has 5 aliphatic carbocycles. The van der Waals surface area contributed by atoms with E-state index in [9.17, 15) is 4.79 Å². The number of carbonyl (C=O) groups is 1. The summed E-state index contributed by atoms with van der Waals surface area (Å²) in [4.78, 5) is 12.0. The van der Waals surface area contributed by atoms with E-state index in [1.165, 1.54) is 12.8 Å². The Hall–Kier alpha value is -0.870. The zero-order valence-corrected chi connectivity index (χ0v) is 19.0. The van der Waals surface area contributed by atoms with Gasteiger partial charge in [0.2, 0.25) is 0 Å². The molecule has 1 aliphatic heterocycles. The van der Waals surface area contributed by atoms with Gasteiger partial charge in [0.25, 0.3) is 0 Å². The summed E-state index contributed by atoms with van der Waals surface area (Å²) in [6.45, 7) is 13.7. The number of esters is 1. The van der Waals surface area contributed by atoms with Crippen LogP contribution in [0.25, 0.3) is 0 Å². The largest absolute Gasteiger partial charge is 0.462 e. The number of hydrogen-bond acceptors (Lipinski definition) is 4. The first kappa shape index (κ1) is 20.1. The third kappa shape index (κ3) is 2.67. The van der Waals surface area contributed by atoms with Crippen molar-refractivity contribution in [1.82, 2.24) is 0 Å². The molecule has 0 amide bonds. The summed E-state index contributed by atoms with van der Waals surface area (Å²) in [6, 6.07) is 0. The number of fused-ring (bicyclic) bond motifs is 1. The van der Waals surface area contributed by atoms with Gasteiger partial charge in [-0.1, -0.05) is 32.9 Å². The van der Waals surface area contributed by atoms with Crippen LogP contribution in [0, 0.1) is 34.0 Å². The molecule has 1 heterocycles. The van der Waals surface area contributed by atoms with E-state index in [4.69, 9.17) is 14.2 Å². The molecular formula is C25H38O4. The van der Waals surface area contributed by atoms with Gasteiger partial charge in [0, 0.05) is 18.3 Å². The highest BCUT2D eigenvalue weighted by Gasteiger charge is 2.70. The molecular weight excluding hydrogens is 364 g/mol. The van der Waals surface area contributed by atoms with E-state index in [-0.39, 0.29) is 28.5 Å². The number of allylic oxidation sites excluding steroid dienone is 1. The van der Waals surface area contributed by atoms with Crippen LogP contribution in [0.4, 0.5) is 0 Å². The fourth-order valence-corrected chi connectivity index (χ4v) is 8.61. The second kappa shape index (κ2) is 5.88. The Balaban J connectivity index is 1.55. The quantitative estimate of drug-likeness (QED) is 0.443. The lowest BCUT2D eigenvalue weighted by atomic mass is 9.37. The maximum atomic E-state index is 12.0. The summed E-state index contributed by atoms with van der Waals surface area (Å²) in [7, 11) is 0. The fraction of sp³-hybridized carbons (Fsp3) is 0.880. The van der Waals surface area contributed by atoms with Crippen LogP contribution >= 0.6 is 0 Å². The minimum absolute atomic E-state index is 0.0191. The van der Waals surface area contributed by atoms with Crippen LogP contribution in [-0.4, -0.2) is 30.1 Å². The first-order chi connectivity index (χ1) is 13.4. The lowest BCUT2D eigenvalue weighted by Crippen LogP contribution is -2.67. The monoisotopic (exact) mass is 402 g/mol. The zero-order chi connectivity index (χ0) is 20.9. The highest BCUT2D eigenvalue weighted by Crippen LogP contribution is 2.72. The molecule has 7 atom stereocenters. The number of carbonyl (C=O) groups excluding carboxylic acids is 1. The molecule has 0 aromatic rings. The Morgan fingerprint density at radius 1 is 1.07 bits per heavy atom. The SMILES string of the molecule is CC(=O)O[C@H]1CCC(C)(C)[C@H]2CC[C@@]34C=C[C@@H](C[C@H]3[C@]12C)[C@]1(COC(C)(C)O1)C4. The first-order valence-electron chi connectivity index (χ1n) is 11.6. The third-order valence-electron chi connectivity index (χ3n) is 9.66. The van der Waals surface area contributed by atoms with Gasteiger partial charge in [-0.05, 0) is 75.0 Å². The molecule has 3 saturated carbocycles. The molecule has 0 radical (unpaired) electrons. The van der Waals surface area contributed by atoms with Crippen molar-refractivity contribution in [3.63, 3.8) is 0 Å². The lowest BCUT2D eigenvalue weighted by Gasteiger charge is -2.69. The molecule has 6 rings (SSSR count). The molecule has 4 nitrogen and oxygen atoms in total. The summed E-state index contributed by atoms with van der Waals surface area (Å²) in [5.74, 6) is 0.882. The molecule has 2 spiro atoms. The molecule has 0 aromatic carbocycles. The van der Waals surface area contributed by atoms with Gasteiger partial charge in [-0.15, -0.1) is 0 Å². The molecule has 4 heteroatoms. The summed E-state index contributed by atoms with van der Waals surface area (Å²) < 4.78 is 18.7. The maximum Gasteiger partial charge on any atom is 0.302 e. The number of ether oxygens (including phenoxy) is 3. The van der Waals surface area contributed by atoms with E-state index < -0.39 is 5.79 Å². The summed E-state index contributed by atoms with van der Waals surface area (Å²) in [5, 5.41) is 0. The van der Waals surface area contributed by atoms with Crippen molar-refractivity contribution in [2.24, 2.45) is 34.0 Å². The van der Waals surface area contributed by atoms with Crippen molar-refractivity contribution in [3.05, 3.63) is 12.2 Å². The van der Waals surface area contributed by atoms with Gasteiger partial charge in [-0.2, -0.15) is 0 Å². The van der Waals surface area contributed by atoms with Crippen LogP contribution in [0.15, 0.2) is 12.2 Å². The first-order valence-corrected chi connectivity index (χ1v) is 11.6. The Morgan fingerprint density at radius 2 is 1.83 bits per heavy atom. The molecule has 6 aliphatic rings. The van der Waals surface area contributed by atoms with Crippen LogP contribution in [0.2, 0.25) is 0 Å². The van der Waals surface area contributed by atoms with Gasteiger partial charge in [0.1, 0.15) is 11.7 Å². The van der Waals surface area contributed by atoms with E-state index in [1.807, 2.05) is 13.8 Å². The van der Waals surface area contributed by atoms with Gasteiger partial charge in [-0.3, -0.25) is 4.79 Å². The van der Waals surface area contributed by atoms with Crippen molar-refractivity contribution in [1.29, 1.82) is 0 Å². The molecule has 4 fully saturated rings. The highest BCUT2D eigenvalue weighted by atomic mass is 16.8. The molecule has 29 heavy (non-hydrogen) atoms. The topological polar surface area (TPSA) is 44.8 Å². The average molecular weight is 403 g/mol. The standard InChI is InChI=1S/C25H38O4/c1-16(26)28-20-9-10-21(2,3)18-8-12-24-11-7-17(13-19(24)23(18,20)6)25(14-24)15-27-22(4,5)29-25/h7,11,17-20H,8-10,12-15H2,1-6H3/t17-,18+,19-,20-,23+,24+,25+/m0/s1. The maximum absolute atomic E-state index is 12.0. The van der Waals surface area contributed by atoms with Crippen LogP contribution in [0.5, 0.6) is 0 Å². The predicted octanol–water partition coefficient (Wildman–Crippen LogP) is 5.26. The second-order valence-corrected chi connectivity index (χ2v) is 12.1. The Morgan fingerprint density at radius 3 is 2.48 bits per heavy atom. The van der Waals surface area contributed by atoms with Crippen molar-refractivity contribution >= 4 is 5.97 Å². The van der Waals surface area contributed by atoms with Gasteiger partial charge < -0.3 is 14.2 Å². The highest BCUT2D eigenvalue weighted by molar-refractivity contribution is 5.66. The normalized spacial score (nSPS) is 51.5. The predicted molar refractivity (Wildman–Crippen MR) is 111 cm³/mol. The van der Waals surface area contributed by atoms with E-state index >= 15 is 0 Å². The Labute approximate surface area is 175 Å². The second-order valence-electron chi connectivity index (χ2n) is 12.1. The molecule has 162 valence electrons. The van der Waals surface area contributed by atoms with Crippen LogP contribution in [0.1, 0.15) is 80.1 Å². The van der Waals surface area contributed by atoms with Crippen molar-refractivity contribution in [2.75, 3.05) is 6.61 Å². The van der Waals surface area contributed by atoms with Crippen molar-refractivity contribution < 1.29 is 19.0 Å². The van der Waals surface area contributed by atoms with Crippen molar-refractivity contribution in [2.45, 2.75) is 97.6 Å². The average Bonchev–Trinajstić information content (AvgIpc) is 2.91. The fourth-order valence-electron chi connectivity index (χ4n) is 8.61. The van der Waals surface area contributed by atoms with E-state index in [0.717, 1.165) is 25.7 Å². The summed E-state index contributed by atoms with van der Waals surface area (Å²) in [6.07, 6.45) is 11.7. The summed E-state index contributed by atoms with van der Waals surface area (Å²) in [5.41, 5.74) is 0.264. The van der Waals surface area contributed by atoms with Gasteiger partial charge in [-0.25, -0.2) is 0 Å². The van der Waals surface area contributed by atoms with Crippen LogP contribution < -0.4 is 0 Å². The van der Waals surface area contributed by atoms with Crippen LogP contribution in [-0.2, 0) is 19.0 Å². The summed E-state index contributed by atoms with van der Waals surface area (Å²) >= 11 is 0. The minimum atomic E-state index is -0.494. The van der Waals surface area contributed by atoms with Crippen molar-refractivity contribution in [3.8, 4) is 0 Å². The Kier molecular flexibility index (Phi) is 4.07. The van der Waals surface area contributed by atoms with Gasteiger partial charge >= 0.3 is 5.97 Å². The van der Waals surface area contributed by atoms with Gasteiger partial charge in [0.05, 0.1) is 6.61 Å². The lowest BCUT2D eigenvalue weighted by molar-refractivity contribution is -0.245. The Bertz CT molecular complexity index is 754. The third-order valence-corrected chi connectivity index (χ3v) is 9.66. The van der Waals surface area contributed by atoms with Gasteiger partial charge in [0.15, 0.2) is 5.79 Å². The minimum Gasteiger partial charge on any atom is -0.462 e. The van der Waals surface area contributed by atoms with E-state index in [1.54, 1.807) is 6.92 Å². The van der Waals surface area contributed by atoms with E-state index in [2.05, 4.69) is 32.9 Å². The molecule has 0 aromatic heterocycles. The molecule has 0 unspecified atom stereocenters. The number of rotatable bonds is 1. The number of hydrogen-bond donors (Lipinski definition) is 0. The van der Waals surface area contributed by atoms with Crippen LogP contribution in [0.3, 0.4) is 0 Å². The smallest absolute Gasteiger partial charge is 0.302 e. The molecule has 1 saturated heterocycles. The molecule has 2 bridgehead atoms.